The molecule has 6 heteroatoms. The van der Waals surface area contributed by atoms with E-state index in [1.54, 1.807) is 24.3 Å². The van der Waals surface area contributed by atoms with E-state index >= 15 is 0 Å². The minimum atomic E-state index is -1.18. The number of rotatable bonds is 6. The lowest BCUT2D eigenvalue weighted by atomic mass is 10.2. The summed E-state index contributed by atoms with van der Waals surface area (Å²) >= 11 is 0. The van der Waals surface area contributed by atoms with E-state index in [0.29, 0.717) is 0 Å². The third kappa shape index (κ3) is 5.67. The molecule has 0 aliphatic rings. The number of nitrogens with one attached hydrogen (secondary N) is 1. The van der Waals surface area contributed by atoms with Crippen LogP contribution in [0.3, 0.4) is 0 Å². The van der Waals surface area contributed by atoms with Crippen molar-refractivity contribution in [3.8, 4) is 0 Å². The highest BCUT2D eigenvalue weighted by Crippen LogP contribution is 2.03. The van der Waals surface area contributed by atoms with E-state index in [1.165, 1.54) is 6.92 Å². The first kappa shape index (κ1) is 14.7. The van der Waals surface area contributed by atoms with Crippen molar-refractivity contribution in [1.82, 2.24) is 5.32 Å². The Labute approximate surface area is 110 Å². The number of carboxylic acids is 1. The fourth-order valence-electron chi connectivity index (χ4n) is 1.44. The molecule has 0 aliphatic heterocycles. The van der Waals surface area contributed by atoms with Gasteiger partial charge in [-0.3, -0.25) is 9.59 Å². The van der Waals surface area contributed by atoms with Crippen LogP contribution in [-0.4, -0.2) is 29.0 Å². The zero-order valence-corrected chi connectivity index (χ0v) is 10.5. The van der Waals surface area contributed by atoms with Gasteiger partial charge in [-0.2, -0.15) is 0 Å². The predicted molar refractivity (Wildman–Crippen MR) is 66.1 cm³/mol. The van der Waals surface area contributed by atoms with Crippen molar-refractivity contribution in [3.05, 3.63) is 35.9 Å². The van der Waals surface area contributed by atoms with Gasteiger partial charge in [0, 0.05) is 6.92 Å². The van der Waals surface area contributed by atoms with Gasteiger partial charge in [0.15, 0.2) is 0 Å². The Morgan fingerprint density at radius 1 is 1.26 bits per heavy atom. The van der Waals surface area contributed by atoms with Crippen molar-refractivity contribution >= 4 is 17.8 Å². The molecule has 1 rings (SSSR count). The number of carboxylic acid groups (broad SMARTS) is 1. The minimum Gasteiger partial charge on any atom is -0.481 e. The maximum atomic E-state index is 11.7. The first-order chi connectivity index (χ1) is 8.99. The topological polar surface area (TPSA) is 92.7 Å². The van der Waals surface area contributed by atoms with Crippen LogP contribution in [0.5, 0.6) is 0 Å². The second-order valence-corrected chi connectivity index (χ2v) is 3.94. The lowest BCUT2D eigenvalue weighted by Crippen LogP contribution is -2.42. The highest BCUT2D eigenvalue weighted by molar-refractivity contribution is 5.86. The molecule has 0 spiro atoms. The Balaban J connectivity index is 2.56. The number of esters is 1. The van der Waals surface area contributed by atoms with E-state index in [9.17, 15) is 14.4 Å². The van der Waals surface area contributed by atoms with Crippen LogP contribution in [0.2, 0.25) is 0 Å². The number of carbonyl (C=O) groups is 3. The lowest BCUT2D eigenvalue weighted by molar-refractivity contribution is -0.152. The Morgan fingerprint density at radius 2 is 1.89 bits per heavy atom. The van der Waals surface area contributed by atoms with Crippen LogP contribution in [0.1, 0.15) is 18.9 Å². The van der Waals surface area contributed by atoms with Gasteiger partial charge in [0.1, 0.15) is 12.6 Å². The van der Waals surface area contributed by atoms with Gasteiger partial charge in [-0.05, 0) is 5.56 Å². The molecule has 102 valence electrons. The number of hydrogen-bond donors (Lipinski definition) is 2. The van der Waals surface area contributed by atoms with E-state index in [1.807, 2.05) is 6.07 Å². The van der Waals surface area contributed by atoms with Gasteiger partial charge in [0.2, 0.25) is 5.91 Å². The van der Waals surface area contributed by atoms with E-state index in [4.69, 9.17) is 9.84 Å². The third-order valence-electron chi connectivity index (χ3n) is 2.26. The molecule has 1 aromatic rings. The Hall–Kier alpha value is -2.37. The highest BCUT2D eigenvalue weighted by atomic mass is 16.5. The molecule has 0 radical (unpaired) electrons. The van der Waals surface area contributed by atoms with Crippen LogP contribution >= 0.6 is 0 Å². The Kier molecular flexibility index (Phi) is 5.53. The van der Waals surface area contributed by atoms with Crippen LogP contribution in [0.25, 0.3) is 0 Å². The normalized spacial score (nSPS) is 11.4. The molecule has 0 aromatic heterocycles. The van der Waals surface area contributed by atoms with Gasteiger partial charge < -0.3 is 15.2 Å². The summed E-state index contributed by atoms with van der Waals surface area (Å²) in [5, 5.41) is 10.9. The summed E-state index contributed by atoms with van der Waals surface area (Å²) in [6, 6.07) is 7.81. The van der Waals surface area contributed by atoms with E-state index in [0.717, 1.165) is 5.56 Å². The van der Waals surface area contributed by atoms with Crippen molar-refractivity contribution in [3.63, 3.8) is 0 Å². The summed E-state index contributed by atoms with van der Waals surface area (Å²) in [6.45, 7) is 1.24. The first-order valence-corrected chi connectivity index (χ1v) is 5.68. The van der Waals surface area contributed by atoms with Gasteiger partial charge in [0.25, 0.3) is 0 Å². The molecule has 0 fully saturated rings. The van der Waals surface area contributed by atoms with Gasteiger partial charge in [0.05, 0.1) is 6.42 Å². The molecule has 0 heterocycles. The molecule has 1 amide bonds. The zero-order chi connectivity index (χ0) is 14.3. The van der Waals surface area contributed by atoms with Gasteiger partial charge >= 0.3 is 11.9 Å². The monoisotopic (exact) mass is 265 g/mol. The van der Waals surface area contributed by atoms with Crippen LogP contribution in [-0.2, 0) is 25.7 Å². The largest absolute Gasteiger partial charge is 0.481 e. The average Bonchev–Trinajstić information content (AvgIpc) is 2.35. The summed E-state index contributed by atoms with van der Waals surface area (Å²) in [6.07, 6.45) is -0.507. The van der Waals surface area contributed by atoms with Crippen molar-refractivity contribution < 1.29 is 24.2 Å². The average molecular weight is 265 g/mol. The zero-order valence-electron chi connectivity index (χ0n) is 10.5. The van der Waals surface area contributed by atoms with Crippen molar-refractivity contribution in [1.29, 1.82) is 0 Å². The Morgan fingerprint density at radius 3 is 2.42 bits per heavy atom. The number of hydrogen-bond acceptors (Lipinski definition) is 4. The van der Waals surface area contributed by atoms with Crippen LogP contribution in [0.15, 0.2) is 30.3 Å². The van der Waals surface area contributed by atoms with E-state index in [2.05, 4.69) is 5.32 Å². The van der Waals surface area contributed by atoms with Gasteiger partial charge in [-0.1, -0.05) is 30.3 Å². The molecular formula is C13H15NO5. The molecular weight excluding hydrogens is 250 g/mol. The lowest BCUT2D eigenvalue weighted by Gasteiger charge is -2.14. The van der Waals surface area contributed by atoms with Gasteiger partial charge in [-0.25, -0.2) is 4.79 Å². The molecule has 0 saturated heterocycles. The third-order valence-corrected chi connectivity index (χ3v) is 2.26. The van der Waals surface area contributed by atoms with Crippen molar-refractivity contribution in [2.75, 3.05) is 0 Å². The second kappa shape index (κ2) is 7.15. The number of aliphatic carboxylic acids is 1. The predicted octanol–water partition coefficient (Wildman–Crippen LogP) is 0.709. The summed E-state index contributed by atoms with van der Waals surface area (Å²) in [5.41, 5.74) is 0.785. The van der Waals surface area contributed by atoms with Gasteiger partial charge in [-0.15, -0.1) is 0 Å². The molecule has 0 aliphatic carbocycles. The molecule has 0 bridgehead atoms. The molecule has 2 N–H and O–H groups in total. The smallest absolute Gasteiger partial charge is 0.329 e. The summed E-state index contributed by atoms with van der Waals surface area (Å²) in [5.74, 6) is -2.43. The van der Waals surface area contributed by atoms with Crippen molar-refractivity contribution in [2.45, 2.75) is 26.0 Å². The summed E-state index contributed by atoms with van der Waals surface area (Å²) in [4.78, 5) is 33.2. The fraction of sp³-hybridized carbons (Fsp3) is 0.308. The SMILES string of the molecule is CC(=O)N[C@H](CC(=O)O)C(=O)OCc1ccccc1. The maximum absolute atomic E-state index is 11.7. The number of carbonyl (C=O) groups excluding carboxylic acids is 2. The highest BCUT2D eigenvalue weighted by Gasteiger charge is 2.23. The molecule has 1 atom stereocenters. The molecule has 6 nitrogen and oxygen atoms in total. The van der Waals surface area contributed by atoms with E-state index < -0.39 is 30.3 Å². The quantitative estimate of drug-likeness (QED) is 0.739. The van der Waals surface area contributed by atoms with Crippen LogP contribution in [0, 0.1) is 0 Å². The molecule has 0 saturated carbocycles. The first-order valence-electron chi connectivity index (χ1n) is 5.68. The fourth-order valence-corrected chi connectivity index (χ4v) is 1.44. The Bertz CT molecular complexity index is 441. The number of amides is 1. The van der Waals surface area contributed by atoms with Crippen LogP contribution < -0.4 is 5.32 Å². The standard InChI is InChI=1S/C13H15NO5/c1-9(15)14-11(7-12(16)17)13(18)19-8-10-5-3-2-4-6-10/h2-6,11H,7-8H2,1H3,(H,14,15)(H,16,17)/t11-/m1/s1. The second-order valence-electron chi connectivity index (χ2n) is 3.94. The molecule has 1 aromatic carbocycles. The summed E-state index contributed by atoms with van der Waals surface area (Å²) < 4.78 is 4.98. The molecule has 19 heavy (non-hydrogen) atoms. The van der Waals surface area contributed by atoms with Crippen LogP contribution in [0.4, 0.5) is 0 Å². The number of benzene rings is 1. The van der Waals surface area contributed by atoms with Crippen molar-refractivity contribution in [2.24, 2.45) is 0 Å². The maximum Gasteiger partial charge on any atom is 0.329 e. The van der Waals surface area contributed by atoms with E-state index in [-0.39, 0.29) is 6.61 Å². The summed E-state index contributed by atoms with van der Waals surface area (Å²) in [7, 11) is 0. The molecule has 0 unspecified atom stereocenters. The minimum absolute atomic E-state index is 0.0371. The number of ether oxygens (including phenoxy) is 1.